The molecule has 0 spiro atoms. The summed E-state index contributed by atoms with van der Waals surface area (Å²) in [5, 5.41) is 0. The minimum atomic E-state index is 0. The first kappa shape index (κ1) is 30.1. The van der Waals surface area contributed by atoms with E-state index in [-0.39, 0.29) is 34.5 Å². The molecule has 0 N–H and O–H groups in total. The summed E-state index contributed by atoms with van der Waals surface area (Å²) in [6.07, 6.45) is 2.00. The van der Waals surface area contributed by atoms with E-state index in [1.54, 1.807) is 0 Å². The average Bonchev–Trinajstić information content (AvgIpc) is 0.918. The van der Waals surface area contributed by atoms with Gasteiger partial charge in [0.05, 0.1) is 0 Å². The Morgan fingerprint density at radius 1 is 1.17 bits per heavy atom. The van der Waals surface area contributed by atoms with E-state index in [1.165, 1.54) is 0 Å². The molecule has 0 saturated heterocycles. The fourth-order valence-electron chi connectivity index (χ4n) is 0. The molecule has 0 aliphatic heterocycles. The predicted octanol–water partition coefficient (Wildman–Crippen LogP) is -1.13. The van der Waals surface area contributed by atoms with Crippen LogP contribution in [0.25, 0.3) is 0 Å². The molecular formula is C4H11AuF. The van der Waals surface area contributed by atoms with Gasteiger partial charge >= 0.3 is 22.4 Å². The third kappa shape index (κ3) is 140. The molecule has 0 fully saturated rings. The summed E-state index contributed by atoms with van der Waals surface area (Å²) in [6, 6.07) is 0. The van der Waals surface area contributed by atoms with E-state index in [0.29, 0.717) is 0 Å². The third-order valence-corrected chi connectivity index (χ3v) is 0. The third-order valence-electron chi connectivity index (χ3n) is 0. The van der Waals surface area contributed by atoms with E-state index in [4.69, 9.17) is 0 Å². The first-order valence-corrected chi connectivity index (χ1v) is 1.15. The Morgan fingerprint density at radius 2 is 1.17 bits per heavy atom. The Kier molecular flexibility index (Phi) is 222. The summed E-state index contributed by atoms with van der Waals surface area (Å²) in [4.78, 5) is 0. The predicted molar refractivity (Wildman–Crippen MR) is 22.4 cm³/mol. The van der Waals surface area contributed by atoms with Crippen LogP contribution in [0.4, 0.5) is 0 Å². The van der Waals surface area contributed by atoms with Crippen LogP contribution >= 0.6 is 0 Å². The summed E-state index contributed by atoms with van der Waals surface area (Å²) in [5.74, 6) is 0. The minimum absolute atomic E-state index is 0. The molecule has 0 aromatic carbocycles. The molecule has 1 radical (unpaired) electrons. The summed E-state index contributed by atoms with van der Waals surface area (Å²) in [5.41, 5.74) is 0. The van der Waals surface area contributed by atoms with Gasteiger partial charge in [0.25, 0.3) is 0 Å². The van der Waals surface area contributed by atoms with E-state index in [1.807, 2.05) is 20.3 Å². The molecule has 6 heavy (non-hydrogen) atoms. The van der Waals surface area contributed by atoms with Crippen molar-refractivity contribution >= 4 is 0 Å². The van der Waals surface area contributed by atoms with Crippen LogP contribution in [-0.2, 0) is 22.4 Å². The Morgan fingerprint density at radius 3 is 1.17 bits per heavy atom. The Bertz CT molecular complexity index is 7.51. The van der Waals surface area contributed by atoms with E-state index in [0.717, 1.165) is 0 Å². The smallest absolute Gasteiger partial charge is 1.00 e. The van der Waals surface area contributed by atoms with Crippen LogP contribution in [0.15, 0.2) is 0 Å². The van der Waals surface area contributed by atoms with Gasteiger partial charge in [-0.2, -0.15) is 0 Å². The van der Waals surface area contributed by atoms with Gasteiger partial charge in [-0.15, -0.1) is 0 Å². The average molecular weight is 275 g/mol. The van der Waals surface area contributed by atoms with Gasteiger partial charge in [0.2, 0.25) is 0 Å². The van der Waals surface area contributed by atoms with Crippen molar-refractivity contribution in [2.24, 2.45) is 0 Å². The quantitative estimate of drug-likeness (QED) is 0.491. The molecule has 0 aliphatic rings. The van der Waals surface area contributed by atoms with Crippen LogP contribution in [0, 0.1) is 6.42 Å². The maximum absolute atomic E-state index is 2.00. The van der Waals surface area contributed by atoms with Crippen LogP contribution in [-0.4, -0.2) is 0 Å². The molecule has 0 nitrogen and oxygen atoms in total. The molecule has 0 saturated carbocycles. The van der Waals surface area contributed by atoms with Crippen molar-refractivity contribution in [2.45, 2.75) is 21.3 Å². The van der Waals surface area contributed by atoms with Gasteiger partial charge < -0.3 is 4.70 Å². The monoisotopic (exact) mass is 275 g/mol. The van der Waals surface area contributed by atoms with E-state index in [2.05, 4.69) is 0 Å². The van der Waals surface area contributed by atoms with Crippen LogP contribution < -0.4 is 4.70 Å². The molecular weight excluding hydrogens is 264 g/mol. The molecule has 0 bridgehead atoms. The summed E-state index contributed by atoms with van der Waals surface area (Å²) in [7, 11) is 0. The Balaban J connectivity index is -0.00000000667. The van der Waals surface area contributed by atoms with Gasteiger partial charge in [0, 0.05) is 0 Å². The van der Waals surface area contributed by atoms with E-state index >= 15 is 0 Å². The molecule has 0 aromatic heterocycles. The Hall–Kier alpha value is 0.670. The molecule has 2 heteroatoms. The van der Waals surface area contributed by atoms with Gasteiger partial charge in [0.1, 0.15) is 0 Å². The largest absolute Gasteiger partial charge is 1.00 e. The molecule has 0 atom stereocenters. The van der Waals surface area contributed by atoms with Gasteiger partial charge in [-0.25, -0.2) is 0 Å². The SMILES string of the molecule is C.C[CH]C.[Au+].[F-]. The van der Waals surface area contributed by atoms with Crippen molar-refractivity contribution in [3.05, 3.63) is 6.42 Å². The standard InChI is InChI=1S/C3H7.CH4.Au.FH/c1-3-2;;;/h3H,1-2H3;1H4;;1H/q;;+1;/p-1. The zero-order valence-electron chi connectivity index (χ0n) is 3.26. The van der Waals surface area contributed by atoms with Crippen LogP contribution in [0.1, 0.15) is 21.3 Å². The van der Waals surface area contributed by atoms with Crippen molar-refractivity contribution in [2.75, 3.05) is 0 Å². The zero-order valence-corrected chi connectivity index (χ0v) is 5.42. The maximum Gasteiger partial charge on any atom is 1.00 e. The number of rotatable bonds is 0. The van der Waals surface area contributed by atoms with Crippen molar-refractivity contribution in [1.82, 2.24) is 0 Å². The van der Waals surface area contributed by atoms with Gasteiger partial charge in [-0.05, 0) is 6.42 Å². The fourth-order valence-corrected chi connectivity index (χ4v) is 0. The normalized spacial score (nSPS) is 3.00. The van der Waals surface area contributed by atoms with Crippen LogP contribution in [0.5, 0.6) is 0 Å². The van der Waals surface area contributed by atoms with Gasteiger partial charge in [0.15, 0.2) is 0 Å². The zero-order chi connectivity index (χ0) is 2.71. The number of hydrogen-bond acceptors (Lipinski definition) is 0. The fraction of sp³-hybridized carbons (Fsp3) is 0.750. The van der Waals surface area contributed by atoms with Crippen molar-refractivity contribution in [1.29, 1.82) is 0 Å². The molecule has 45 valence electrons. The topological polar surface area (TPSA) is 0 Å². The van der Waals surface area contributed by atoms with Crippen molar-refractivity contribution in [3.8, 4) is 0 Å². The van der Waals surface area contributed by atoms with Crippen LogP contribution in [0.3, 0.4) is 0 Å². The number of hydrogen-bond donors (Lipinski definition) is 0. The first-order valence-electron chi connectivity index (χ1n) is 1.15. The summed E-state index contributed by atoms with van der Waals surface area (Å²) < 4.78 is 0. The summed E-state index contributed by atoms with van der Waals surface area (Å²) >= 11 is 0. The summed E-state index contributed by atoms with van der Waals surface area (Å²) in [6.45, 7) is 4.00. The minimum Gasteiger partial charge on any atom is -1.00 e. The second kappa shape index (κ2) is 44.3. The van der Waals surface area contributed by atoms with Crippen LogP contribution in [0.2, 0.25) is 0 Å². The first-order chi connectivity index (χ1) is 1.41. The van der Waals surface area contributed by atoms with Gasteiger partial charge in [-0.1, -0.05) is 21.3 Å². The van der Waals surface area contributed by atoms with Crippen molar-refractivity contribution < 1.29 is 27.1 Å². The molecule has 0 rings (SSSR count). The second-order valence-electron chi connectivity index (χ2n) is 0.577. The van der Waals surface area contributed by atoms with Gasteiger partial charge in [-0.3, -0.25) is 0 Å². The molecule has 0 aromatic rings. The molecule has 0 aliphatic carbocycles. The number of halogens is 1. The van der Waals surface area contributed by atoms with E-state index < -0.39 is 0 Å². The maximum atomic E-state index is 2.00. The molecule has 0 heterocycles. The van der Waals surface area contributed by atoms with Crippen molar-refractivity contribution in [3.63, 3.8) is 0 Å². The van der Waals surface area contributed by atoms with E-state index in [9.17, 15) is 0 Å². The molecule has 0 unspecified atom stereocenters. The molecule has 0 amide bonds. The second-order valence-corrected chi connectivity index (χ2v) is 0.577. The Labute approximate surface area is 55.2 Å².